The SMILES string of the molecule is CCN1CCC(CNCc2nc(C)ccc2O)CC1. The summed E-state index contributed by atoms with van der Waals surface area (Å²) in [6.45, 7) is 9.46. The number of nitrogens with zero attached hydrogens (tertiary/aromatic N) is 2. The Hall–Kier alpha value is -1.13. The smallest absolute Gasteiger partial charge is 0.138 e. The number of hydrogen-bond acceptors (Lipinski definition) is 4. The van der Waals surface area contributed by atoms with Gasteiger partial charge in [0.2, 0.25) is 0 Å². The molecule has 19 heavy (non-hydrogen) atoms. The van der Waals surface area contributed by atoms with Crippen LogP contribution in [0.1, 0.15) is 31.2 Å². The van der Waals surface area contributed by atoms with E-state index in [0.29, 0.717) is 12.3 Å². The van der Waals surface area contributed by atoms with Crippen molar-refractivity contribution in [3.8, 4) is 5.75 Å². The average Bonchev–Trinajstić information content (AvgIpc) is 2.43. The first-order chi connectivity index (χ1) is 9.19. The number of likely N-dealkylation sites (tertiary alicyclic amines) is 1. The molecule has 0 atom stereocenters. The monoisotopic (exact) mass is 263 g/mol. The average molecular weight is 263 g/mol. The van der Waals surface area contributed by atoms with Crippen LogP contribution in [0.5, 0.6) is 5.75 Å². The molecule has 0 aliphatic carbocycles. The number of aromatic hydroxyl groups is 1. The molecule has 1 fully saturated rings. The maximum atomic E-state index is 9.73. The normalized spacial score (nSPS) is 17.8. The zero-order chi connectivity index (χ0) is 13.7. The summed E-state index contributed by atoms with van der Waals surface area (Å²) >= 11 is 0. The quantitative estimate of drug-likeness (QED) is 0.852. The minimum atomic E-state index is 0.291. The van der Waals surface area contributed by atoms with Gasteiger partial charge >= 0.3 is 0 Å². The topological polar surface area (TPSA) is 48.4 Å². The Labute approximate surface area is 115 Å². The van der Waals surface area contributed by atoms with Crippen LogP contribution in [-0.2, 0) is 6.54 Å². The summed E-state index contributed by atoms with van der Waals surface area (Å²) in [5.41, 5.74) is 1.71. The van der Waals surface area contributed by atoms with Gasteiger partial charge in [-0.2, -0.15) is 0 Å². The third-order valence-electron chi connectivity index (χ3n) is 3.97. The lowest BCUT2D eigenvalue weighted by molar-refractivity contribution is 0.190. The van der Waals surface area contributed by atoms with Gasteiger partial charge in [0.25, 0.3) is 0 Å². The van der Waals surface area contributed by atoms with Crippen LogP contribution in [0, 0.1) is 12.8 Å². The van der Waals surface area contributed by atoms with E-state index in [9.17, 15) is 5.11 Å². The van der Waals surface area contributed by atoms with Gasteiger partial charge in [-0.05, 0) is 64.0 Å². The first-order valence-electron chi connectivity index (χ1n) is 7.27. The third-order valence-corrected chi connectivity index (χ3v) is 3.97. The van der Waals surface area contributed by atoms with Crippen LogP contribution in [-0.4, -0.2) is 41.2 Å². The Bertz CT molecular complexity index is 400. The Kier molecular flexibility index (Phi) is 5.16. The van der Waals surface area contributed by atoms with E-state index in [0.717, 1.165) is 23.9 Å². The summed E-state index contributed by atoms with van der Waals surface area (Å²) in [6.07, 6.45) is 2.54. The lowest BCUT2D eigenvalue weighted by Gasteiger charge is -2.31. The molecule has 2 rings (SSSR count). The van der Waals surface area contributed by atoms with Gasteiger partial charge in [0.05, 0.1) is 5.69 Å². The maximum absolute atomic E-state index is 9.73. The number of piperidine rings is 1. The van der Waals surface area contributed by atoms with Gasteiger partial charge < -0.3 is 15.3 Å². The number of aromatic nitrogens is 1. The molecule has 0 radical (unpaired) electrons. The fourth-order valence-corrected chi connectivity index (χ4v) is 2.63. The molecule has 0 aromatic carbocycles. The standard InChI is InChI=1S/C15H25N3O/c1-3-18-8-6-13(7-9-18)10-16-11-14-15(19)5-4-12(2)17-14/h4-5,13,16,19H,3,6-11H2,1-2H3. The molecule has 1 aliphatic heterocycles. The van der Waals surface area contributed by atoms with E-state index in [2.05, 4.69) is 22.1 Å². The summed E-state index contributed by atoms with van der Waals surface area (Å²) in [5, 5.41) is 13.2. The van der Waals surface area contributed by atoms with E-state index in [1.807, 2.05) is 13.0 Å². The van der Waals surface area contributed by atoms with Crippen molar-refractivity contribution in [1.82, 2.24) is 15.2 Å². The second-order valence-corrected chi connectivity index (χ2v) is 5.43. The Balaban J connectivity index is 1.73. The Morgan fingerprint density at radius 3 is 2.79 bits per heavy atom. The highest BCUT2D eigenvalue weighted by Crippen LogP contribution is 2.17. The van der Waals surface area contributed by atoms with Gasteiger partial charge in [0.1, 0.15) is 5.75 Å². The van der Waals surface area contributed by atoms with E-state index >= 15 is 0 Å². The van der Waals surface area contributed by atoms with Crippen molar-refractivity contribution in [1.29, 1.82) is 0 Å². The third kappa shape index (κ3) is 4.18. The van der Waals surface area contributed by atoms with Crippen molar-refractivity contribution < 1.29 is 5.11 Å². The molecule has 0 bridgehead atoms. The molecule has 0 unspecified atom stereocenters. The molecule has 0 amide bonds. The highest BCUT2D eigenvalue weighted by Gasteiger charge is 2.17. The molecular weight excluding hydrogens is 238 g/mol. The Morgan fingerprint density at radius 1 is 1.37 bits per heavy atom. The first-order valence-corrected chi connectivity index (χ1v) is 7.27. The molecule has 1 saturated heterocycles. The number of nitrogens with one attached hydrogen (secondary N) is 1. The van der Waals surface area contributed by atoms with Crippen LogP contribution < -0.4 is 5.32 Å². The zero-order valence-corrected chi connectivity index (χ0v) is 12.0. The molecule has 1 aromatic rings. The summed E-state index contributed by atoms with van der Waals surface area (Å²) in [6, 6.07) is 3.55. The van der Waals surface area contributed by atoms with Crippen molar-refractivity contribution in [3.05, 3.63) is 23.5 Å². The van der Waals surface area contributed by atoms with Crippen LogP contribution in [0.2, 0.25) is 0 Å². The minimum Gasteiger partial charge on any atom is -0.506 e. The van der Waals surface area contributed by atoms with Crippen molar-refractivity contribution in [2.75, 3.05) is 26.2 Å². The molecule has 4 heteroatoms. The van der Waals surface area contributed by atoms with E-state index < -0.39 is 0 Å². The molecule has 4 nitrogen and oxygen atoms in total. The van der Waals surface area contributed by atoms with Gasteiger partial charge in [0.15, 0.2) is 0 Å². The van der Waals surface area contributed by atoms with E-state index in [1.165, 1.54) is 32.5 Å². The van der Waals surface area contributed by atoms with Crippen molar-refractivity contribution in [2.45, 2.75) is 33.2 Å². The molecule has 1 aromatic heterocycles. The van der Waals surface area contributed by atoms with Crippen LogP contribution in [0.4, 0.5) is 0 Å². The number of rotatable bonds is 5. The molecule has 2 N–H and O–H groups in total. The molecule has 1 aliphatic rings. The van der Waals surface area contributed by atoms with Gasteiger partial charge in [-0.25, -0.2) is 0 Å². The van der Waals surface area contributed by atoms with E-state index in [1.54, 1.807) is 6.07 Å². The summed E-state index contributed by atoms with van der Waals surface area (Å²) in [5.74, 6) is 1.05. The second-order valence-electron chi connectivity index (χ2n) is 5.43. The molecule has 106 valence electrons. The lowest BCUT2D eigenvalue weighted by Crippen LogP contribution is -2.37. The van der Waals surface area contributed by atoms with Crippen molar-refractivity contribution in [2.24, 2.45) is 5.92 Å². The number of hydrogen-bond donors (Lipinski definition) is 2. The van der Waals surface area contributed by atoms with Gasteiger partial charge in [-0.3, -0.25) is 4.98 Å². The van der Waals surface area contributed by atoms with Gasteiger partial charge in [0, 0.05) is 12.2 Å². The molecule has 2 heterocycles. The summed E-state index contributed by atoms with van der Waals surface area (Å²) in [7, 11) is 0. The largest absolute Gasteiger partial charge is 0.506 e. The van der Waals surface area contributed by atoms with Crippen LogP contribution >= 0.6 is 0 Å². The maximum Gasteiger partial charge on any atom is 0.138 e. The minimum absolute atomic E-state index is 0.291. The van der Waals surface area contributed by atoms with E-state index in [4.69, 9.17) is 0 Å². The van der Waals surface area contributed by atoms with Crippen LogP contribution in [0.15, 0.2) is 12.1 Å². The predicted molar refractivity (Wildman–Crippen MR) is 77.2 cm³/mol. The van der Waals surface area contributed by atoms with Crippen LogP contribution in [0.3, 0.4) is 0 Å². The fraction of sp³-hybridized carbons (Fsp3) is 0.667. The Morgan fingerprint density at radius 2 is 2.11 bits per heavy atom. The summed E-state index contributed by atoms with van der Waals surface area (Å²) < 4.78 is 0. The summed E-state index contributed by atoms with van der Waals surface area (Å²) in [4.78, 5) is 6.86. The molecular formula is C15H25N3O. The predicted octanol–water partition coefficient (Wildman–Crippen LogP) is 1.92. The van der Waals surface area contributed by atoms with Crippen molar-refractivity contribution >= 4 is 0 Å². The molecule has 0 saturated carbocycles. The van der Waals surface area contributed by atoms with Crippen molar-refractivity contribution in [3.63, 3.8) is 0 Å². The highest BCUT2D eigenvalue weighted by molar-refractivity contribution is 5.27. The molecule has 0 spiro atoms. The zero-order valence-electron chi connectivity index (χ0n) is 12.0. The lowest BCUT2D eigenvalue weighted by atomic mass is 9.97. The van der Waals surface area contributed by atoms with Gasteiger partial charge in [-0.1, -0.05) is 6.92 Å². The number of aryl methyl sites for hydroxylation is 1. The van der Waals surface area contributed by atoms with Crippen LogP contribution in [0.25, 0.3) is 0 Å². The first kappa shape index (κ1) is 14.3. The fourth-order valence-electron chi connectivity index (χ4n) is 2.63. The highest BCUT2D eigenvalue weighted by atomic mass is 16.3. The number of pyridine rings is 1. The van der Waals surface area contributed by atoms with E-state index in [-0.39, 0.29) is 0 Å². The van der Waals surface area contributed by atoms with Gasteiger partial charge in [-0.15, -0.1) is 0 Å². The second kappa shape index (κ2) is 6.87.